The fourth-order valence-corrected chi connectivity index (χ4v) is 3.26. The SMILES string of the molecule is Cc1ccccc1-c1nc(SCC(=O)NC(C)(C)C)n2[nH]c(=O)cc2n1. The number of H-pyrrole nitrogens is 1. The number of aryl methyl sites for hydroxylation is 1. The second-order valence-electron chi connectivity index (χ2n) is 7.05. The number of hydrogen-bond acceptors (Lipinski definition) is 5. The van der Waals surface area contributed by atoms with Crippen LogP contribution in [0.4, 0.5) is 0 Å². The Labute approximate surface area is 155 Å². The molecule has 0 spiro atoms. The zero-order chi connectivity index (χ0) is 18.9. The Bertz CT molecular complexity index is 1020. The van der Waals surface area contributed by atoms with Gasteiger partial charge in [-0.3, -0.25) is 14.7 Å². The van der Waals surface area contributed by atoms with E-state index in [-0.39, 0.29) is 22.8 Å². The van der Waals surface area contributed by atoms with Crippen LogP contribution in [0.3, 0.4) is 0 Å². The van der Waals surface area contributed by atoms with Gasteiger partial charge in [0.15, 0.2) is 16.6 Å². The van der Waals surface area contributed by atoms with Crippen molar-refractivity contribution in [1.82, 2.24) is 24.9 Å². The molecule has 0 aliphatic heterocycles. The summed E-state index contributed by atoms with van der Waals surface area (Å²) >= 11 is 1.26. The van der Waals surface area contributed by atoms with E-state index in [4.69, 9.17) is 0 Å². The summed E-state index contributed by atoms with van der Waals surface area (Å²) in [5.74, 6) is 0.624. The summed E-state index contributed by atoms with van der Waals surface area (Å²) < 4.78 is 1.51. The molecule has 7 nitrogen and oxygen atoms in total. The molecule has 0 aliphatic rings. The Morgan fingerprint density at radius 2 is 2.00 bits per heavy atom. The molecule has 0 aliphatic carbocycles. The van der Waals surface area contributed by atoms with Gasteiger partial charge in [-0.25, -0.2) is 14.5 Å². The van der Waals surface area contributed by atoms with Gasteiger partial charge in [0.2, 0.25) is 5.91 Å². The van der Waals surface area contributed by atoms with Crippen LogP contribution in [0.15, 0.2) is 40.3 Å². The lowest BCUT2D eigenvalue weighted by Gasteiger charge is -2.20. The molecule has 0 saturated carbocycles. The largest absolute Gasteiger partial charge is 0.351 e. The van der Waals surface area contributed by atoms with E-state index in [2.05, 4.69) is 20.4 Å². The number of thioether (sulfide) groups is 1. The molecule has 8 heteroatoms. The van der Waals surface area contributed by atoms with Crippen LogP contribution in [0, 0.1) is 6.92 Å². The maximum atomic E-state index is 12.1. The molecule has 0 bridgehead atoms. The lowest BCUT2D eigenvalue weighted by atomic mass is 10.1. The van der Waals surface area contributed by atoms with Crippen molar-refractivity contribution >= 4 is 23.3 Å². The monoisotopic (exact) mass is 371 g/mol. The zero-order valence-corrected chi connectivity index (χ0v) is 16.0. The summed E-state index contributed by atoms with van der Waals surface area (Å²) in [7, 11) is 0. The Morgan fingerprint density at radius 1 is 1.27 bits per heavy atom. The first-order valence-corrected chi connectivity index (χ1v) is 9.21. The van der Waals surface area contributed by atoms with Crippen molar-refractivity contribution in [3.8, 4) is 11.4 Å². The molecule has 2 aromatic heterocycles. The number of carbonyl (C=O) groups is 1. The van der Waals surface area contributed by atoms with Crippen LogP contribution in [0.25, 0.3) is 17.0 Å². The van der Waals surface area contributed by atoms with E-state index in [0.29, 0.717) is 16.6 Å². The lowest BCUT2D eigenvalue weighted by Crippen LogP contribution is -2.41. The number of aromatic amines is 1. The summed E-state index contributed by atoms with van der Waals surface area (Å²) in [5, 5.41) is 6.10. The van der Waals surface area contributed by atoms with Crippen molar-refractivity contribution in [2.45, 2.75) is 38.4 Å². The van der Waals surface area contributed by atoms with Gasteiger partial charge in [-0.15, -0.1) is 0 Å². The molecule has 136 valence electrons. The number of hydrogen-bond donors (Lipinski definition) is 2. The van der Waals surface area contributed by atoms with Gasteiger partial charge in [-0.2, -0.15) is 0 Å². The molecule has 0 radical (unpaired) electrons. The maximum absolute atomic E-state index is 12.1. The molecule has 1 aromatic carbocycles. The van der Waals surface area contributed by atoms with Crippen LogP contribution in [-0.4, -0.2) is 36.8 Å². The molecule has 26 heavy (non-hydrogen) atoms. The highest BCUT2D eigenvalue weighted by molar-refractivity contribution is 7.99. The lowest BCUT2D eigenvalue weighted by molar-refractivity contribution is -0.119. The second kappa shape index (κ2) is 6.95. The summed E-state index contributed by atoms with van der Waals surface area (Å²) in [6.45, 7) is 7.77. The van der Waals surface area contributed by atoms with Gasteiger partial charge in [0.05, 0.1) is 5.75 Å². The number of carbonyl (C=O) groups excluding carboxylic acids is 1. The molecule has 2 N–H and O–H groups in total. The van der Waals surface area contributed by atoms with E-state index >= 15 is 0 Å². The number of benzene rings is 1. The first-order valence-electron chi connectivity index (χ1n) is 8.22. The van der Waals surface area contributed by atoms with Crippen LogP contribution in [-0.2, 0) is 4.79 Å². The highest BCUT2D eigenvalue weighted by Gasteiger charge is 2.17. The van der Waals surface area contributed by atoms with Crippen molar-refractivity contribution in [2.24, 2.45) is 0 Å². The van der Waals surface area contributed by atoms with E-state index in [1.165, 1.54) is 22.3 Å². The zero-order valence-electron chi connectivity index (χ0n) is 15.2. The summed E-state index contributed by atoms with van der Waals surface area (Å²) in [6.07, 6.45) is 0. The third kappa shape index (κ3) is 4.13. The quantitative estimate of drug-likeness (QED) is 0.687. The third-order valence-electron chi connectivity index (χ3n) is 3.56. The number of fused-ring (bicyclic) bond motifs is 1. The van der Waals surface area contributed by atoms with E-state index < -0.39 is 0 Å². The average Bonchev–Trinajstić information content (AvgIpc) is 2.91. The minimum Gasteiger partial charge on any atom is -0.351 e. The van der Waals surface area contributed by atoms with Gasteiger partial charge in [0, 0.05) is 17.2 Å². The fraction of sp³-hybridized carbons (Fsp3) is 0.333. The third-order valence-corrected chi connectivity index (χ3v) is 4.50. The standard InChI is InChI=1S/C18H21N5O2S/c1-11-7-5-6-8-12(11)16-19-13-9-14(24)22-23(13)17(20-16)26-10-15(25)21-18(2,3)4/h5-9H,10H2,1-4H3,(H,21,25)(H,22,24). The minimum absolute atomic E-state index is 0.0961. The number of nitrogens with one attached hydrogen (secondary N) is 2. The molecule has 0 unspecified atom stereocenters. The number of nitrogens with zero attached hydrogens (tertiary/aromatic N) is 3. The molecule has 2 heterocycles. The van der Waals surface area contributed by atoms with Gasteiger partial charge in [-0.05, 0) is 33.3 Å². The molecule has 3 aromatic rings. The normalized spacial score (nSPS) is 11.7. The number of rotatable bonds is 4. The number of amides is 1. The molecular weight excluding hydrogens is 350 g/mol. The smallest absolute Gasteiger partial charge is 0.266 e. The van der Waals surface area contributed by atoms with Gasteiger partial charge in [-0.1, -0.05) is 36.0 Å². The van der Waals surface area contributed by atoms with Crippen LogP contribution in [0.5, 0.6) is 0 Å². The van der Waals surface area contributed by atoms with Gasteiger partial charge < -0.3 is 5.32 Å². The first-order chi connectivity index (χ1) is 12.2. The predicted octanol–water partition coefficient (Wildman–Crippen LogP) is 2.40. The second-order valence-corrected chi connectivity index (χ2v) is 7.99. The summed E-state index contributed by atoms with van der Waals surface area (Å²) in [5.41, 5.74) is 1.84. The van der Waals surface area contributed by atoms with Crippen molar-refractivity contribution in [3.63, 3.8) is 0 Å². The Balaban J connectivity index is 1.97. The molecule has 0 atom stereocenters. The predicted molar refractivity (Wildman–Crippen MR) is 102 cm³/mol. The van der Waals surface area contributed by atoms with Crippen LogP contribution < -0.4 is 10.9 Å². The average molecular weight is 371 g/mol. The highest BCUT2D eigenvalue weighted by Crippen LogP contribution is 2.23. The molecular formula is C18H21N5O2S. The Kier molecular flexibility index (Phi) is 4.86. The highest BCUT2D eigenvalue weighted by atomic mass is 32.2. The minimum atomic E-state index is -0.299. The molecule has 1 amide bonds. The van der Waals surface area contributed by atoms with Crippen molar-refractivity contribution in [3.05, 3.63) is 46.2 Å². The van der Waals surface area contributed by atoms with Crippen LogP contribution in [0.2, 0.25) is 0 Å². The summed E-state index contributed by atoms with van der Waals surface area (Å²) in [6, 6.07) is 9.21. The molecule has 3 rings (SSSR count). The number of aromatic nitrogens is 4. The van der Waals surface area contributed by atoms with Crippen LogP contribution >= 0.6 is 11.8 Å². The van der Waals surface area contributed by atoms with E-state index in [1.54, 1.807) is 0 Å². The van der Waals surface area contributed by atoms with Crippen LogP contribution in [0.1, 0.15) is 26.3 Å². The first kappa shape index (κ1) is 18.2. The molecule has 0 saturated heterocycles. The Hall–Kier alpha value is -2.61. The van der Waals surface area contributed by atoms with Crippen molar-refractivity contribution in [2.75, 3.05) is 5.75 Å². The van der Waals surface area contributed by atoms with Crippen molar-refractivity contribution in [1.29, 1.82) is 0 Å². The maximum Gasteiger partial charge on any atom is 0.266 e. The molecule has 0 fully saturated rings. The topological polar surface area (TPSA) is 92.2 Å². The van der Waals surface area contributed by atoms with Gasteiger partial charge >= 0.3 is 0 Å². The summed E-state index contributed by atoms with van der Waals surface area (Å²) in [4.78, 5) is 32.9. The van der Waals surface area contributed by atoms with Crippen molar-refractivity contribution < 1.29 is 4.79 Å². The van der Waals surface area contributed by atoms with E-state index in [9.17, 15) is 9.59 Å². The van der Waals surface area contributed by atoms with E-state index in [1.807, 2.05) is 52.0 Å². The van der Waals surface area contributed by atoms with Gasteiger partial charge in [0.1, 0.15) is 0 Å². The van der Waals surface area contributed by atoms with E-state index in [0.717, 1.165) is 11.1 Å². The Morgan fingerprint density at radius 3 is 2.69 bits per heavy atom. The van der Waals surface area contributed by atoms with Gasteiger partial charge in [0.25, 0.3) is 5.56 Å². The fourth-order valence-electron chi connectivity index (χ4n) is 2.51.